The van der Waals surface area contributed by atoms with Crippen LogP contribution >= 0.6 is 0 Å². The fourth-order valence-electron chi connectivity index (χ4n) is 2.24. The molecule has 0 aliphatic rings. The lowest BCUT2D eigenvalue weighted by Crippen LogP contribution is -2.58. The summed E-state index contributed by atoms with van der Waals surface area (Å²) in [6.45, 7) is 5.58. The van der Waals surface area contributed by atoms with E-state index in [4.69, 9.17) is 4.74 Å². The Morgan fingerprint density at radius 1 is 1.19 bits per heavy atom. The number of amides is 1. The van der Waals surface area contributed by atoms with Crippen molar-refractivity contribution in [2.45, 2.75) is 32.4 Å². The fourth-order valence-corrected chi connectivity index (χ4v) is 2.24. The lowest BCUT2D eigenvalue weighted by Gasteiger charge is -2.34. The molecule has 0 radical (unpaired) electrons. The van der Waals surface area contributed by atoms with Gasteiger partial charge < -0.3 is 10.1 Å². The lowest BCUT2D eigenvalue weighted by atomic mass is 9.88. The monoisotopic (exact) mass is 292 g/mol. The molecular formula is C16H24N2O3. The summed E-state index contributed by atoms with van der Waals surface area (Å²) >= 11 is 0. The van der Waals surface area contributed by atoms with Gasteiger partial charge in [0.2, 0.25) is 5.91 Å². The second kappa shape index (κ2) is 7.22. The van der Waals surface area contributed by atoms with Gasteiger partial charge in [-0.1, -0.05) is 44.2 Å². The minimum absolute atomic E-state index is 0.00913. The average molecular weight is 292 g/mol. The SMILES string of the molecule is CNC(=O)C(C)(N[C@H](C(=O)OC)C(C)C)c1ccccc1. The molecule has 0 aliphatic heterocycles. The Kier molecular flexibility index (Phi) is 5.90. The van der Waals surface area contributed by atoms with Crippen LogP contribution in [-0.4, -0.2) is 32.1 Å². The van der Waals surface area contributed by atoms with Gasteiger partial charge in [0.1, 0.15) is 11.6 Å². The predicted octanol–water partition coefficient (Wildman–Crippen LogP) is 1.43. The second-order valence-electron chi connectivity index (χ2n) is 5.46. The topological polar surface area (TPSA) is 67.4 Å². The molecule has 5 nitrogen and oxygen atoms in total. The highest BCUT2D eigenvalue weighted by Gasteiger charge is 2.39. The zero-order valence-corrected chi connectivity index (χ0v) is 13.3. The van der Waals surface area contributed by atoms with Crippen LogP contribution < -0.4 is 10.6 Å². The molecule has 2 N–H and O–H groups in total. The third-order valence-electron chi connectivity index (χ3n) is 3.60. The van der Waals surface area contributed by atoms with E-state index in [0.29, 0.717) is 0 Å². The first-order valence-corrected chi connectivity index (χ1v) is 7.00. The molecule has 116 valence electrons. The molecule has 1 aromatic rings. The minimum Gasteiger partial charge on any atom is -0.468 e. The van der Waals surface area contributed by atoms with E-state index < -0.39 is 11.6 Å². The molecule has 0 saturated heterocycles. The number of rotatable bonds is 6. The first-order chi connectivity index (χ1) is 9.86. The van der Waals surface area contributed by atoms with E-state index in [2.05, 4.69) is 10.6 Å². The van der Waals surface area contributed by atoms with Gasteiger partial charge in [0.05, 0.1) is 7.11 Å². The van der Waals surface area contributed by atoms with Gasteiger partial charge in [-0.25, -0.2) is 0 Å². The van der Waals surface area contributed by atoms with E-state index in [9.17, 15) is 9.59 Å². The van der Waals surface area contributed by atoms with Gasteiger partial charge in [0, 0.05) is 7.05 Å². The summed E-state index contributed by atoms with van der Waals surface area (Å²) < 4.78 is 4.84. The van der Waals surface area contributed by atoms with Crippen molar-refractivity contribution in [1.29, 1.82) is 0 Å². The molecule has 5 heteroatoms. The van der Waals surface area contributed by atoms with Crippen molar-refractivity contribution in [3.05, 3.63) is 35.9 Å². The number of likely N-dealkylation sites (N-methyl/N-ethyl adjacent to an activating group) is 1. The van der Waals surface area contributed by atoms with E-state index in [-0.39, 0.29) is 17.8 Å². The molecule has 0 saturated carbocycles. The molecule has 1 amide bonds. The van der Waals surface area contributed by atoms with Crippen molar-refractivity contribution in [3.8, 4) is 0 Å². The zero-order valence-electron chi connectivity index (χ0n) is 13.3. The molecule has 0 aliphatic carbocycles. The molecule has 0 fully saturated rings. The Balaban J connectivity index is 3.20. The van der Waals surface area contributed by atoms with Crippen molar-refractivity contribution < 1.29 is 14.3 Å². The molecule has 0 heterocycles. The highest BCUT2D eigenvalue weighted by atomic mass is 16.5. The summed E-state index contributed by atoms with van der Waals surface area (Å²) in [5.41, 5.74) is -0.224. The van der Waals surface area contributed by atoms with E-state index in [1.807, 2.05) is 44.2 Å². The lowest BCUT2D eigenvalue weighted by molar-refractivity contribution is -0.145. The zero-order chi connectivity index (χ0) is 16.0. The van der Waals surface area contributed by atoms with Gasteiger partial charge in [-0.2, -0.15) is 0 Å². The number of carbonyl (C=O) groups is 2. The number of hydrogen-bond donors (Lipinski definition) is 2. The molecular weight excluding hydrogens is 268 g/mol. The second-order valence-corrected chi connectivity index (χ2v) is 5.46. The van der Waals surface area contributed by atoms with Crippen LogP contribution in [0.5, 0.6) is 0 Å². The van der Waals surface area contributed by atoms with Crippen LogP contribution in [0.25, 0.3) is 0 Å². The van der Waals surface area contributed by atoms with Crippen molar-refractivity contribution in [1.82, 2.24) is 10.6 Å². The fraction of sp³-hybridized carbons (Fsp3) is 0.500. The summed E-state index contributed by atoms with van der Waals surface area (Å²) in [6.07, 6.45) is 0. The summed E-state index contributed by atoms with van der Waals surface area (Å²) in [5.74, 6) is -0.593. The molecule has 1 unspecified atom stereocenters. The van der Waals surface area contributed by atoms with E-state index in [1.165, 1.54) is 7.11 Å². The summed E-state index contributed by atoms with van der Waals surface area (Å²) in [6, 6.07) is 8.75. The Morgan fingerprint density at radius 3 is 2.19 bits per heavy atom. The molecule has 1 rings (SSSR count). The number of esters is 1. The largest absolute Gasteiger partial charge is 0.468 e. The first-order valence-electron chi connectivity index (χ1n) is 7.00. The Bertz CT molecular complexity index is 488. The predicted molar refractivity (Wildman–Crippen MR) is 81.6 cm³/mol. The maximum Gasteiger partial charge on any atom is 0.323 e. The number of ether oxygens (including phenoxy) is 1. The molecule has 0 spiro atoms. The third-order valence-corrected chi connectivity index (χ3v) is 3.60. The van der Waals surface area contributed by atoms with Gasteiger partial charge >= 0.3 is 5.97 Å². The molecule has 2 atom stereocenters. The third kappa shape index (κ3) is 3.82. The van der Waals surface area contributed by atoms with Gasteiger partial charge in [-0.15, -0.1) is 0 Å². The minimum atomic E-state index is -1.01. The van der Waals surface area contributed by atoms with Gasteiger partial charge in [0.25, 0.3) is 0 Å². The highest BCUT2D eigenvalue weighted by Crippen LogP contribution is 2.23. The van der Waals surface area contributed by atoms with Crippen LogP contribution in [0.2, 0.25) is 0 Å². The van der Waals surface area contributed by atoms with Crippen molar-refractivity contribution in [2.24, 2.45) is 5.92 Å². The number of hydrogen-bond acceptors (Lipinski definition) is 4. The maximum absolute atomic E-state index is 12.4. The first kappa shape index (κ1) is 17.2. The summed E-state index contributed by atoms with van der Waals surface area (Å²) in [7, 11) is 2.92. The number of benzene rings is 1. The summed E-state index contributed by atoms with van der Waals surface area (Å²) in [4.78, 5) is 24.3. The molecule has 1 aromatic carbocycles. The van der Waals surface area contributed by atoms with Crippen LogP contribution in [0.1, 0.15) is 26.3 Å². The number of nitrogens with one attached hydrogen (secondary N) is 2. The van der Waals surface area contributed by atoms with Crippen molar-refractivity contribution >= 4 is 11.9 Å². The van der Waals surface area contributed by atoms with E-state index in [0.717, 1.165) is 5.56 Å². The average Bonchev–Trinajstić information content (AvgIpc) is 2.51. The summed E-state index contributed by atoms with van der Waals surface area (Å²) in [5, 5.41) is 5.81. The van der Waals surface area contributed by atoms with Crippen LogP contribution in [0.15, 0.2) is 30.3 Å². The van der Waals surface area contributed by atoms with Crippen LogP contribution in [0.4, 0.5) is 0 Å². The smallest absolute Gasteiger partial charge is 0.323 e. The van der Waals surface area contributed by atoms with Gasteiger partial charge in [-0.05, 0) is 18.4 Å². The maximum atomic E-state index is 12.4. The molecule has 21 heavy (non-hydrogen) atoms. The van der Waals surface area contributed by atoms with E-state index in [1.54, 1.807) is 14.0 Å². The Hall–Kier alpha value is -1.88. The van der Waals surface area contributed by atoms with Gasteiger partial charge in [-0.3, -0.25) is 14.9 Å². The van der Waals surface area contributed by atoms with Crippen LogP contribution in [-0.2, 0) is 19.9 Å². The van der Waals surface area contributed by atoms with Crippen LogP contribution in [0, 0.1) is 5.92 Å². The molecule has 0 aromatic heterocycles. The standard InChI is InChI=1S/C16H24N2O3/c1-11(2)13(14(19)21-5)18-16(3,15(20)17-4)12-9-7-6-8-10-12/h6-11,13,18H,1-5H3,(H,17,20)/t13-,16?/m0/s1. The van der Waals surface area contributed by atoms with Crippen LogP contribution in [0.3, 0.4) is 0 Å². The normalized spacial score (nSPS) is 15.1. The Morgan fingerprint density at radius 2 is 1.76 bits per heavy atom. The van der Waals surface area contributed by atoms with Gasteiger partial charge in [0.15, 0.2) is 0 Å². The number of methoxy groups -OCH3 is 1. The quantitative estimate of drug-likeness (QED) is 0.779. The Labute approximate surface area is 126 Å². The number of carbonyl (C=O) groups excluding carboxylic acids is 2. The highest BCUT2D eigenvalue weighted by molar-refractivity contribution is 5.88. The van der Waals surface area contributed by atoms with Crippen molar-refractivity contribution in [2.75, 3.05) is 14.2 Å². The molecule has 0 bridgehead atoms. The van der Waals surface area contributed by atoms with Crippen molar-refractivity contribution in [3.63, 3.8) is 0 Å². The van der Waals surface area contributed by atoms with E-state index >= 15 is 0 Å².